The molecule has 1 N–H and O–H groups in total. The number of rotatable bonds is 7. The monoisotopic (exact) mass is 277 g/mol. The SMILES string of the molecule is CCCCN(CC)c1ncc(CNC(C)(C)C)cc1C. The van der Waals surface area contributed by atoms with Crippen LogP contribution in [0.3, 0.4) is 0 Å². The molecule has 0 saturated carbocycles. The fourth-order valence-electron chi connectivity index (χ4n) is 2.18. The predicted molar refractivity (Wildman–Crippen MR) is 88.4 cm³/mol. The summed E-state index contributed by atoms with van der Waals surface area (Å²) in [5.74, 6) is 1.14. The zero-order valence-corrected chi connectivity index (χ0v) is 14.1. The van der Waals surface area contributed by atoms with E-state index in [0.29, 0.717) is 0 Å². The van der Waals surface area contributed by atoms with Crippen molar-refractivity contribution in [3.05, 3.63) is 23.4 Å². The van der Waals surface area contributed by atoms with Gasteiger partial charge in [0.1, 0.15) is 5.82 Å². The van der Waals surface area contributed by atoms with Gasteiger partial charge in [0.25, 0.3) is 0 Å². The van der Waals surface area contributed by atoms with E-state index in [9.17, 15) is 0 Å². The zero-order chi connectivity index (χ0) is 15.2. The molecule has 3 heteroatoms. The molecule has 0 aromatic carbocycles. The second-order valence-electron chi connectivity index (χ2n) is 6.52. The quantitative estimate of drug-likeness (QED) is 0.819. The molecule has 1 aromatic rings. The van der Waals surface area contributed by atoms with Gasteiger partial charge >= 0.3 is 0 Å². The third kappa shape index (κ3) is 5.49. The molecule has 0 radical (unpaired) electrons. The first-order chi connectivity index (χ1) is 9.37. The molecule has 0 amide bonds. The van der Waals surface area contributed by atoms with E-state index in [2.05, 4.69) is 62.8 Å². The van der Waals surface area contributed by atoms with Crippen molar-refractivity contribution >= 4 is 5.82 Å². The average Bonchev–Trinajstić information content (AvgIpc) is 2.38. The lowest BCUT2D eigenvalue weighted by Crippen LogP contribution is -2.35. The standard InChI is InChI=1S/C17H31N3/c1-7-9-10-20(8-2)16-14(3)11-15(12-18-16)13-19-17(4,5)6/h11-12,19H,7-10,13H2,1-6H3. The molecule has 0 spiro atoms. The van der Waals surface area contributed by atoms with Gasteiger partial charge in [-0.1, -0.05) is 13.3 Å². The van der Waals surface area contributed by atoms with E-state index in [0.717, 1.165) is 25.5 Å². The highest BCUT2D eigenvalue weighted by molar-refractivity contribution is 5.47. The second-order valence-corrected chi connectivity index (χ2v) is 6.52. The summed E-state index contributed by atoms with van der Waals surface area (Å²) in [5.41, 5.74) is 2.67. The summed E-state index contributed by atoms with van der Waals surface area (Å²) in [4.78, 5) is 7.06. The molecule has 1 rings (SSSR count). The van der Waals surface area contributed by atoms with Gasteiger partial charge in [0, 0.05) is 31.4 Å². The molecule has 0 saturated heterocycles. The van der Waals surface area contributed by atoms with Gasteiger partial charge in [-0.2, -0.15) is 0 Å². The summed E-state index contributed by atoms with van der Waals surface area (Å²) in [6.45, 7) is 16.1. The topological polar surface area (TPSA) is 28.2 Å². The van der Waals surface area contributed by atoms with E-state index in [1.807, 2.05) is 6.20 Å². The van der Waals surface area contributed by atoms with Gasteiger partial charge in [0.2, 0.25) is 0 Å². The maximum atomic E-state index is 4.69. The number of aromatic nitrogens is 1. The lowest BCUT2D eigenvalue weighted by Gasteiger charge is -2.24. The second kappa shape index (κ2) is 7.63. The minimum Gasteiger partial charge on any atom is -0.357 e. The maximum Gasteiger partial charge on any atom is 0.131 e. The van der Waals surface area contributed by atoms with E-state index in [4.69, 9.17) is 0 Å². The van der Waals surface area contributed by atoms with E-state index in [1.54, 1.807) is 0 Å². The Morgan fingerprint density at radius 1 is 1.25 bits per heavy atom. The van der Waals surface area contributed by atoms with Crippen molar-refractivity contribution in [2.24, 2.45) is 0 Å². The number of nitrogens with zero attached hydrogens (tertiary/aromatic N) is 2. The summed E-state index contributed by atoms with van der Waals surface area (Å²) in [6, 6.07) is 2.26. The normalized spacial score (nSPS) is 11.7. The van der Waals surface area contributed by atoms with Crippen LogP contribution in [0.25, 0.3) is 0 Å². The van der Waals surface area contributed by atoms with E-state index in [-0.39, 0.29) is 5.54 Å². The molecule has 0 aliphatic rings. The van der Waals surface area contributed by atoms with Crippen LogP contribution in [0.1, 0.15) is 58.6 Å². The summed E-state index contributed by atoms with van der Waals surface area (Å²) in [6.07, 6.45) is 4.46. The molecule has 0 bridgehead atoms. The molecule has 3 nitrogen and oxygen atoms in total. The highest BCUT2D eigenvalue weighted by Gasteiger charge is 2.11. The van der Waals surface area contributed by atoms with E-state index < -0.39 is 0 Å². The summed E-state index contributed by atoms with van der Waals surface area (Å²) in [7, 11) is 0. The molecule has 1 heterocycles. The Kier molecular flexibility index (Phi) is 6.47. The van der Waals surface area contributed by atoms with E-state index in [1.165, 1.54) is 24.0 Å². The van der Waals surface area contributed by atoms with Gasteiger partial charge in [0.15, 0.2) is 0 Å². The molecule has 20 heavy (non-hydrogen) atoms. The number of anilines is 1. The van der Waals surface area contributed by atoms with Crippen LogP contribution >= 0.6 is 0 Å². The molecular formula is C17H31N3. The fraction of sp³-hybridized carbons (Fsp3) is 0.706. The third-order valence-corrected chi connectivity index (χ3v) is 3.39. The van der Waals surface area contributed by atoms with Gasteiger partial charge in [-0.05, 0) is 58.2 Å². The molecule has 0 unspecified atom stereocenters. The van der Waals surface area contributed by atoms with Gasteiger partial charge in [0.05, 0.1) is 0 Å². The van der Waals surface area contributed by atoms with Crippen molar-refractivity contribution in [3.63, 3.8) is 0 Å². The zero-order valence-electron chi connectivity index (χ0n) is 14.1. The average molecular weight is 277 g/mol. The molecule has 0 atom stereocenters. The van der Waals surface area contributed by atoms with Crippen molar-refractivity contribution in [1.82, 2.24) is 10.3 Å². The Morgan fingerprint density at radius 2 is 1.95 bits per heavy atom. The molecule has 1 aromatic heterocycles. The largest absolute Gasteiger partial charge is 0.357 e. The minimum atomic E-state index is 0.142. The van der Waals surface area contributed by atoms with Crippen LogP contribution in [-0.4, -0.2) is 23.6 Å². The Bertz CT molecular complexity index is 407. The molecule has 114 valence electrons. The van der Waals surface area contributed by atoms with Crippen molar-refractivity contribution in [1.29, 1.82) is 0 Å². The Hall–Kier alpha value is -1.09. The summed E-state index contributed by atoms with van der Waals surface area (Å²) >= 11 is 0. The lowest BCUT2D eigenvalue weighted by molar-refractivity contribution is 0.424. The smallest absolute Gasteiger partial charge is 0.131 e. The first-order valence-electron chi connectivity index (χ1n) is 7.83. The molecule has 0 fully saturated rings. The minimum absolute atomic E-state index is 0.142. The van der Waals surface area contributed by atoms with Crippen molar-refractivity contribution in [2.75, 3.05) is 18.0 Å². The van der Waals surface area contributed by atoms with Crippen molar-refractivity contribution < 1.29 is 0 Å². The van der Waals surface area contributed by atoms with Gasteiger partial charge in [-0.3, -0.25) is 0 Å². The first kappa shape index (κ1) is 17.0. The van der Waals surface area contributed by atoms with E-state index >= 15 is 0 Å². The van der Waals surface area contributed by atoms with Crippen LogP contribution in [0, 0.1) is 6.92 Å². The van der Waals surface area contributed by atoms with Crippen LogP contribution in [0.4, 0.5) is 5.82 Å². The maximum absolute atomic E-state index is 4.69. The third-order valence-electron chi connectivity index (χ3n) is 3.39. The Labute approximate surface area is 124 Å². The van der Waals surface area contributed by atoms with Crippen LogP contribution in [0.15, 0.2) is 12.3 Å². The number of pyridine rings is 1. The van der Waals surface area contributed by atoms with Gasteiger partial charge < -0.3 is 10.2 Å². The molecular weight excluding hydrogens is 246 g/mol. The number of nitrogens with one attached hydrogen (secondary N) is 1. The van der Waals surface area contributed by atoms with Crippen molar-refractivity contribution in [3.8, 4) is 0 Å². The fourth-order valence-corrected chi connectivity index (χ4v) is 2.18. The lowest BCUT2D eigenvalue weighted by atomic mass is 10.1. The summed E-state index contributed by atoms with van der Waals surface area (Å²) in [5, 5.41) is 3.51. The number of aryl methyl sites for hydroxylation is 1. The van der Waals surface area contributed by atoms with Crippen LogP contribution in [0.2, 0.25) is 0 Å². The van der Waals surface area contributed by atoms with Crippen LogP contribution in [0.5, 0.6) is 0 Å². The first-order valence-corrected chi connectivity index (χ1v) is 7.83. The highest BCUT2D eigenvalue weighted by atomic mass is 15.2. The van der Waals surface area contributed by atoms with Gasteiger partial charge in [-0.25, -0.2) is 4.98 Å². The predicted octanol–water partition coefficient (Wildman–Crippen LogP) is 3.90. The summed E-state index contributed by atoms with van der Waals surface area (Å²) < 4.78 is 0. The van der Waals surface area contributed by atoms with Crippen LogP contribution in [-0.2, 0) is 6.54 Å². The molecule has 0 aliphatic heterocycles. The Balaban J connectivity index is 2.76. The van der Waals surface area contributed by atoms with Gasteiger partial charge in [-0.15, -0.1) is 0 Å². The van der Waals surface area contributed by atoms with Crippen LogP contribution < -0.4 is 10.2 Å². The molecule has 0 aliphatic carbocycles. The Morgan fingerprint density at radius 3 is 2.45 bits per heavy atom. The number of unbranched alkanes of at least 4 members (excludes halogenated alkanes) is 1. The number of hydrogen-bond donors (Lipinski definition) is 1. The number of hydrogen-bond acceptors (Lipinski definition) is 3. The highest BCUT2D eigenvalue weighted by Crippen LogP contribution is 2.18. The van der Waals surface area contributed by atoms with Crippen molar-refractivity contribution in [2.45, 2.75) is 66.5 Å².